The first-order chi connectivity index (χ1) is 5.90. The zero-order valence-electron chi connectivity index (χ0n) is 6.54. The molecular weight excluding hydrogens is 295 g/mol. The maximum Gasteiger partial charge on any atom is 0.248 e. The van der Waals surface area contributed by atoms with Crippen molar-refractivity contribution < 1.29 is 30.3 Å². The van der Waals surface area contributed by atoms with Crippen LogP contribution in [0.3, 0.4) is 0 Å². The molecule has 6 nitrogen and oxygen atoms in total. The number of alkyl halides is 1. The molecule has 7 heteroatoms. The Hall–Kier alpha value is 0.490. The lowest BCUT2D eigenvalue weighted by Crippen LogP contribution is -2.62. The molecule has 0 saturated carbocycles. The molecule has 1 aliphatic rings. The van der Waals surface area contributed by atoms with E-state index >= 15 is 0 Å². The standard InChI is InChI=1S/C6H11IO6/c7-6(12)5(11)4(10)3(9)2(1-8)13-6/h2-5,8-12H,1H2/t2-,3-,4+,5+,6-/m1/s1. The van der Waals surface area contributed by atoms with Gasteiger partial charge in [-0.2, -0.15) is 0 Å². The van der Waals surface area contributed by atoms with E-state index in [2.05, 4.69) is 0 Å². The zero-order chi connectivity index (χ0) is 10.2. The van der Waals surface area contributed by atoms with Crippen LogP contribution in [0.4, 0.5) is 0 Å². The lowest BCUT2D eigenvalue weighted by Gasteiger charge is -2.42. The van der Waals surface area contributed by atoms with Crippen molar-refractivity contribution in [3.63, 3.8) is 0 Å². The highest BCUT2D eigenvalue weighted by atomic mass is 127. The van der Waals surface area contributed by atoms with Gasteiger partial charge in [-0.1, -0.05) is 0 Å². The molecule has 1 saturated heterocycles. The summed E-state index contributed by atoms with van der Waals surface area (Å²) >= 11 is 1.38. The van der Waals surface area contributed by atoms with E-state index in [9.17, 15) is 20.4 Å². The van der Waals surface area contributed by atoms with E-state index in [4.69, 9.17) is 9.84 Å². The van der Waals surface area contributed by atoms with Gasteiger partial charge in [0.1, 0.15) is 24.4 Å². The van der Waals surface area contributed by atoms with Crippen LogP contribution < -0.4 is 0 Å². The van der Waals surface area contributed by atoms with Crippen molar-refractivity contribution in [3.05, 3.63) is 0 Å². The minimum atomic E-state index is -1.98. The fourth-order valence-corrected chi connectivity index (χ4v) is 1.81. The van der Waals surface area contributed by atoms with Crippen LogP contribution in [0.25, 0.3) is 0 Å². The van der Waals surface area contributed by atoms with Crippen molar-refractivity contribution >= 4 is 22.6 Å². The summed E-state index contributed by atoms with van der Waals surface area (Å²) in [6.07, 6.45) is -5.64. The van der Waals surface area contributed by atoms with Crippen LogP contribution in [0.2, 0.25) is 0 Å². The highest BCUT2D eigenvalue weighted by Gasteiger charge is 2.51. The topological polar surface area (TPSA) is 110 Å². The van der Waals surface area contributed by atoms with Crippen molar-refractivity contribution in [1.29, 1.82) is 0 Å². The van der Waals surface area contributed by atoms with Gasteiger partial charge in [-0.25, -0.2) is 0 Å². The van der Waals surface area contributed by atoms with Crippen molar-refractivity contribution in [1.82, 2.24) is 0 Å². The number of rotatable bonds is 1. The molecule has 0 radical (unpaired) electrons. The third-order valence-corrected chi connectivity index (χ3v) is 2.81. The molecule has 0 amide bonds. The van der Waals surface area contributed by atoms with Crippen molar-refractivity contribution in [2.75, 3.05) is 6.61 Å². The number of hydrogen-bond donors (Lipinski definition) is 5. The molecule has 0 aromatic carbocycles. The minimum absolute atomic E-state index is 0.545. The van der Waals surface area contributed by atoms with Crippen molar-refractivity contribution in [2.45, 2.75) is 28.2 Å². The summed E-state index contributed by atoms with van der Waals surface area (Å²) in [6, 6.07) is 0. The average molecular weight is 306 g/mol. The molecule has 1 heterocycles. The molecule has 78 valence electrons. The Balaban J connectivity index is 2.79. The lowest BCUT2D eigenvalue weighted by molar-refractivity contribution is -0.296. The molecule has 0 unspecified atom stereocenters. The highest BCUT2D eigenvalue weighted by molar-refractivity contribution is 14.1. The summed E-state index contributed by atoms with van der Waals surface area (Å²) in [5.74, 6) is 0. The van der Waals surface area contributed by atoms with E-state index in [0.29, 0.717) is 0 Å². The van der Waals surface area contributed by atoms with Gasteiger partial charge >= 0.3 is 0 Å². The number of ether oxygens (including phenoxy) is 1. The summed E-state index contributed by atoms with van der Waals surface area (Å²) < 4.78 is 2.77. The van der Waals surface area contributed by atoms with Gasteiger partial charge in [-0.15, -0.1) is 0 Å². The van der Waals surface area contributed by atoms with E-state index in [1.165, 1.54) is 22.6 Å². The molecular formula is C6H11IO6. The Morgan fingerprint density at radius 1 is 1.23 bits per heavy atom. The lowest BCUT2D eigenvalue weighted by atomic mass is 9.99. The molecule has 0 aromatic rings. The second kappa shape index (κ2) is 3.93. The van der Waals surface area contributed by atoms with Crippen molar-refractivity contribution in [3.8, 4) is 0 Å². The summed E-state index contributed by atoms with van der Waals surface area (Å²) in [7, 11) is 0. The number of aliphatic hydroxyl groups excluding tert-OH is 4. The van der Waals surface area contributed by atoms with Crippen LogP contribution in [0, 0.1) is 0 Å². The molecule has 5 N–H and O–H groups in total. The summed E-state index contributed by atoms with van der Waals surface area (Å²) in [5, 5.41) is 45.7. The Kier molecular flexibility index (Phi) is 3.49. The molecule has 0 aliphatic carbocycles. The molecule has 1 rings (SSSR count). The van der Waals surface area contributed by atoms with Gasteiger partial charge in [-0.3, -0.25) is 0 Å². The maximum absolute atomic E-state index is 9.36. The smallest absolute Gasteiger partial charge is 0.248 e. The minimum Gasteiger partial charge on any atom is -0.394 e. The number of hydrogen-bond acceptors (Lipinski definition) is 6. The van der Waals surface area contributed by atoms with Crippen LogP contribution in [-0.2, 0) is 4.74 Å². The Morgan fingerprint density at radius 2 is 1.77 bits per heavy atom. The summed E-state index contributed by atoms with van der Waals surface area (Å²) in [4.78, 5) is 0. The second-order valence-corrected chi connectivity index (χ2v) is 4.42. The van der Waals surface area contributed by atoms with Gasteiger partial charge in [0.2, 0.25) is 3.79 Å². The van der Waals surface area contributed by atoms with Crippen molar-refractivity contribution in [2.24, 2.45) is 0 Å². The van der Waals surface area contributed by atoms with Gasteiger partial charge in [0, 0.05) is 0 Å². The Bertz CT molecular complexity index is 184. The van der Waals surface area contributed by atoms with E-state index in [1.54, 1.807) is 0 Å². The number of halogens is 1. The molecule has 13 heavy (non-hydrogen) atoms. The fraction of sp³-hybridized carbons (Fsp3) is 1.00. The highest BCUT2D eigenvalue weighted by Crippen LogP contribution is 2.32. The van der Waals surface area contributed by atoms with Gasteiger partial charge in [0.15, 0.2) is 0 Å². The quantitative estimate of drug-likeness (QED) is 0.271. The third kappa shape index (κ3) is 2.12. The first kappa shape index (κ1) is 11.6. The predicted octanol–water partition coefficient (Wildman–Crippen LogP) is -2.46. The van der Waals surface area contributed by atoms with Crippen LogP contribution in [0.1, 0.15) is 0 Å². The normalized spacial score (nSPS) is 52.2. The van der Waals surface area contributed by atoms with Gasteiger partial charge < -0.3 is 30.3 Å². The van der Waals surface area contributed by atoms with Crippen LogP contribution in [0.5, 0.6) is 0 Å². The molecule has 5 atom stereocenters. The van der Waals surface area contributed by atoms with Crippen LogP contribution in [0.15, 0.2) is 0 Å². The molecule has 0 bridgehead atoms. The van der Waals surface area contributed by atoms with Crippen LogP contribution in [-0.4, -0.2) is 60.3 Å². The predicted molar refractivity (Wildman–Crippen MR) is 48.9 cm³/mol. The van der Waals surface area contributed by atoms with Gasteiger partial charge in [0.25, 0.3) is 0 Å². The second-order valence-electron chi connectivity index (χ2n) is 2.87. The molecule has 1 aliphatic heterocycles. The molecule has 0 spiro atoms. The van der Waals surface area contributed by atoms with E-state index in [-0.39, 0.29) is 0 Å². The average Bonchev–Trinajstić information content (AvgIpc) is 2.08. The largest absolute Gasteiger partial charge is 0.394 e. The third-order valence-electron chi connectivity index (χ3n) is 1.92. The molecule has 0 aromatic heterocycles. The monoisotopic (exact) mass is 306 g/mol. The molecule has 1 fully saturated rings. The fourth-order valence-electron chi connectivity index (χ4n) is 1.11. The van der Waals surface area contributed by atoms with Gasteiger partial charge in [-0.05, 0) is 22.6 Å². The van der Waals surface area contributed by atoms with E-state index in [0.717, 1.165) is 0 Å². The van der Waals surface area contributed by atoms with Crippen LogP contribution >= 0.6 is 22.6 Å². The van der Waals surface area contributed by atoms with E-state index in [1.807, 2.05) is 0 Å². The Morgan fingerprint density at radius 3 is 2.23 bits per heavy atom. The SMILES string of the molecule is OC[C@H]1O[C@@](O)(I)[C@@H](O)[C@@H](O)[C@@H]1O. The first-order valence-corrected chi connectivity index (χ1v) is 4.72. The van der Waals surface area contributed by atoms with E-state index < -0.39 is 34.8 Å². The summed E-state index contributed by atoms with van der Waals surface area (Å²) in [5.41, 5.74) is 0. The Labute approximate surface area is 87.9 Å². The zero-order valence-corrected chi connectivity index (χ0v) is 8.70. The van der Waals surface area contributed by atoms with Gasteiger partial charge in [0.05, 0.1) is 6.61 Å². The first-order valence-electron chi connectivity index (χ1n) is 3.64. The number of aliphatic hydroxyl groups is 5. The maximum atomic E-state index is 9.36. The summed E-state index contributed by atoms with van der Waals surface area (Å²) in [6.45, 7) is -0.545.